The molecule has 1 aromatic carbocycles. The van der Waals surface area contributed by atoms with Crippen LogP contribution in [0.3, 0.4) is 0 Å². The predicted molar refractivity (Wildman–Crippen MR) is 114 cm³/mol. The summed E-state index contributed by atoms with van der Waals surface area (Å²) < 4.78 is 5.84. The van der Waals surface area contributed by atoms with Gasteiger partial charge in [-0.2, -0.15) is 0 Å². The summed E-state index contributed by atoms with van der Waals surface area (Å²) in [5.41, 5.74) is 4.02. The van der Waals surface area contributed by atoms with Crippen molar-refractivity contribution in [3.05, 3.63) is 51.5 Å². The molecule has 5 N–H and O–H groups in total. The topological polar surface area (TPSA) is 147 Å². The van der Waals surface area contributed by atoms with E-state index in [0.717, 1.165) is 24.0 Å². The van der Waals surface area contributed by atoms with Gasteiger partial charge < -0.3 is 25.8 Å². The highest BCUT2D eigenvalue weighted by atomic mass is 16.5. The number of hydrogen-bond acceptors (Lipinski definition) is 7. The molecule has 3 aliphatic carbocycles. The third kappa shape index (κ3) is 3.04. The van der Waals surface area contributed by atoms with Crippen molar-refractivity contribution in [2.45, 2.75) is 51.6 Å². The van der Waals surface area contributed by atoms with E-state index < -0.39 is 52.0 Å². The summed E-state index contributed by atoms with van der Waals surface area (Å²) >= 11 is 0. The second kappa shape index (κ2) is 7.78. The molecule has 0 bridgehead atoms. The van der Waals surface area contributed by atoms with E-state index in [9.17, 15) is 29.7 Å². The molecule has 0 spiro atoms. The Bertz CT molecular complexity index is 1100. The van der Waals surface area contributed by atoms with Crippen LogP contribution >= 0.6 is 0 Å². The van der Waals surface area contributed by atoms with Crippen LogP contribution in [0.1, 0.15) is 54.1 Å². The van der Waals surface area contributed by atoms with Gasteiger partial charge >= 0.3 is 0 Å². The van der Waals surface area contributed by atoms with E-state index in [4.69, 9.17) is 10.5 Å². The zero-order chi connectivity index (χ0) is 23.4. The monoisotopic (exact) mass is 441 g/mol. The minimum Gasteiger partial charge on any atom is -0.511 e. The van der Waals surface area contributed by atoms with Gasteiger partial charge in [-0.3, -0.25) is 14.4 Å². The fourth-order valence-electron chi connectivity index (χ4n) is 5.21. The molecule has 1 unspecified atom stereocenters. The molecule has 8 heteroatoms. The number of rotatable bonds is 5. The highest BCUT2D eigenvalue weighted by Gasteiger charge is 2.59. The number of primary amides is 1. The maximum Gasteiger partial charge on any atom is 0.255 e. The summed E-state index contributed by atoms with van der Waals surface area (Å²) in [5, 5.41) is 32.6. The van der Waals surface area contributed by atoms with Crippen LogP contribution in [-0.4, -0.2) is 45.0 Å². The summed E-state index contributed by atoms with van der Waals surface area (Å²) in [6, 6.07) is 3.61. The second-order valence-corrected chi connectivity index (χ2v) is 8.85. The molecule has 0 aliphatic heterocycles. The Kier molecular flexibility index (Phi) is 5.36. The number of nitrogens with two attached hydrogens (primary N) is 1. The first-order valence-electron chi connectivity index (χ1n) is 10.8. The largest absolute Gasteiger partial charge is 0.511 e. The SMILES string of the molecule is CCCCOc1ccc(C)c2c1C(=O)C1=C(O)C3(O)C(=O)C(C(N)=O)=C(O)C[C@@H]3C[C@@H]1C2. The van der Waals surface area contributed by atoms with Crippen LogP contribution in [0.2, 0.25) is 0 Å². The summed E-state index contributed by atoms with van der Waals surface area (Å²) in [4.78, 5) is 38.3. The summed E-state index contributed by atoms with van der Waals surface area (Å²) in [7, 11) is 0. The van der Waals surface area contributed by atoms with E-state index in [2.05, 4.69) is 0 Å². The van der Waals surface area contributed by atoms with Crippen LogP contribution in [0.15, 0.2) is 34.8 Å². The summed E-state index contributed by atoms with van der Waals surface area (Å²) in [6.45, 7) is 4.36. The highest BCUT2D eigenvalue weighted by Crippen LogP contribution is 2.51. The van der Waals surface area contributed by atoms with Crippen LogP contribution < -0.4 is 10.5 Å². The second-order valence-electron chi connectivity index (χ2n) is 8.85. The van der Waals surface area contributed by atoms with Gasteiger partial charge in [0.1, 0.15) is 22.8 Å². The van der Waals surface area contributed by atoms with Gasteiger partial charge in [0.15, 0.2) is 11.4 Å². The summed E-state index contributed by atoms with van der Waals surface area (Å²) in [5.74, 6) is -5.05. The maximum absolute atomic E-state index is 13.6. The Hall–Kier alpha value is -3.13. The lowest BCUT2D eigenvalue weighted by atomic mass is 9.60. The van der Waals surface area contributed by atoms with Crippen LogP contribution in [0.25, 0.3) is 0 Å². The van der Waals surface area contributed by atoms with E-state index in [1.807, 2.05) is 19.9 Å². The maximum atomic E-state index is 13.6. The van der Waals surface area contributed by atoms with Crippen molar-refractivity contribution in [3.63, 3.8) is 0 Å². The molecule has 3 aliphatic rings. The Balaban J connectivity index is 1.84. The van der Waals surface area contributed by atoms with Crippen LogP contribution in [0.5, 0.6) is 5.75 Å². The van der Waals surface area contributed by atoms with E-state index in [1.165, 1.54) is 0 Å². The van der Waals surface area contributed by atoms with Gasteiger partial charge in [-0.1, -0.05) is 19.4 Å². The van der Waals surface area contributed by atoms with Gasteiger partial charge in [0.25, 0.3) is 5.91 Å². The first kappa shape index (κ1) is 22.1. The number of allylic oxidation sites excluding steroid dienone is 2. The number of carbonyl (C=O) groups is 3. The van der Waals surface area contributed by atoms with Crippen molar-refractivity contribution in [2.24, 2.45) is 17.6 Å². The molecule has 170 valence electrons. The Morgan fingerprint density at radius 1 is 1.25 bits per heavy atom. The number of amides is 1. The zero-order valence-corrected chi connectivity index (χ0v) is 18.1. The molecule has 0 saturated carbocycles. The van der Waals surface area contributed by atoms with Crippen molar-refractivity contribution in [1.29, 1.82) is 0 Å². The number of unbranched alkanes of at least 4 members (excludes halogenated alkanes) is 1. The van der Waals surface area contributed by atoms with Gasteiger partial charge in [-0.15, -0.1) is 0 Å². The van der Waals surface area contributed by atoms with Crippen LogP contribution in [0, 0.1) is 18.8 Å². The number of carbonyl (C=O) groups excluding carboxylic acids is 3. The van der Waals surface area contributed by atoms with Crippen molar-refractivity contribution in [1.82, 2.24) is 0 Å². The molecular weight excluding hydrogens is 414 g/mol. The van der Waals surface area contributed by atoms with Gasteiger partial charge in [0.05, 0.1) is 12.2 Å². The average Bonchev–Trinajstić information content (AvgIpc) is 2.72. The zero-order valence-electron chi connectivity index (χ0n) is 18.1. The number of aliphatic hydroxyl groups excluding tert-OH is 2. The number of aryl methyl sites for hydroxylation is 1. The predicted octanol–water partition coefficient (Wildman–Crippen LogP) is 2.36. The van der Waals surface area contributed by atoms with Gasteiger partial charge in [0, 0.05) is 17.9 Å². The number of benzene rings is 1. The molecule has 32 heavy (non-hydrogen) atoms. The normalized spacial score (nSPS) is 27.1. The quantitative estimate of drug-likeness (QED) is 0.405. The van der Waals surface area contributed by atoms with Crippen molar-refractivity contribution in [2.75, 3.05) is 6.61 Å². The van der Waals surface area contributed by atoms with Crippen molar-refractivity contribution >= 4 is 17.5 Å². The molecular formula is C24H27NO7. The van der Waals surface area contributed by atoms with E-state index in [1.54, 1.807) is 6.07 Å². The number of Topliss-reactive ketones (excluding diaryl/α,β-unsaturated/α-hetero) is 2. The summed E-state index contributed by atoms with van der Waals surface area (Å²) in [6.07, 6.45) is 2.15. The fraction of sp³-hybridized carbons (Fsp3) is 0.458. The molecule has 1 amide bonds. The minimum atomic E-state index is -2.48. The van der Waals surface area contributed by atoms with Gasteiger partial charge in [0.2, 0.25) is 5.78 Å². The standard InChI is InChI=1S/C24H27NO7/c1-3-4-7-32-16-6-5-11(2)14-9-12-8-13-10-15(26)19(23(25)30)22(29)24(13,31)21(28)17(12)20(27)18(14)16/h5-6,12-13,26,28,31H,3-4,7-10H2,1-2H3,(H2,25,30)/t12-,13+,24?/m1/s1. The first-order valence-corrected chi connectivity index (χ1v) is 10.8. The lowest BCUT2D eigenvalue weighted by molar-refractivity contribution is -0.144. The number of hydrogen-bond donors (Lipinski definition) is 4. The van der Waals surface area contributed by atoms with Gasteiger partial charge in [-0.25, -0.2) is 0 Å². The van der Waals surface area contributed by atoms with Crippen molar-refractivity contribution < 1.29 is 34.4 Å². The molecule has 1 aromatic rings. The molecule has 0 radical (unpaired) electrons. The molecule has 4 rings (SSSR count). The molecule has 0 heterocycles. The first-order chi connectivity index (χ1) is 15.1. The third-order valence-electron chi connectivity index (χ3n) is 6.92. The fourth-order valence-corrected chi connectivity index (χ4v) is 5.21. The molecule has 0 aromatic heterocycles. The van der Waals surface area contributed by atoms with Gasteiger partial charge in [-0.05, 0) is 49.3 Å². The Morgan fingerprint density at radius 3 is 2.62 bits per heavy atom. The number of aliphatic hydroxyl groups is 3. The van der Waals surface area contributed by atoms with Crippen molar-refractivity contribution in [3.8, 4) is 5.75 Å². The van der Waals surface area contributed by atoms with Crippen LogP contribution in [-0.2, 0) is 16.0 Å². The Labute approximate surface area is 185 Å². The highest BCUT2D eigenvalue weighted by molar-refractivity contribution is 6.24. The minimum absolute atomic E-state index is 0.0410. The van der Waals surface area contributed by atoms with E-state index >= 15 is 0 Å². The van der Waals surface area contributed by atoms with Crippen LogP contribution in [0.4, 0.5) is 0 Å². The average molecular weight is 441 g/mol. The third-order valence-corrected chi connectivity index (χ3v) is 6.92. The molecule has 3 atom stereocenters. The molecule has 0 fully saturated rings. The number of fused-ring (bicyclic) bond motifs is 3. The number of ketones is 2. The lowest BCUT2D eigenvalue weighted by Crippen LogP contribution is -2.57. The Morgan fingerprint density at radius 2 is 1.97 bits per heavy atom. The molecule has 8 nitrogen and oxygen atoms in total. The molecule has 0 saturated heterocycles. The van der Waals surface area contributed by atoms with E-state index in [0.29, 0.717) is 24.3 Å². The lowest BCUT2D eigenvalue weighted by Gasteiger charge is -2.45. The van der Waals surface area contributed by atoms with E-state index in [-0.39, 0.29) is 18.4 Å². The number of ether oxygens (including phenoxy) is 1. The smallest absolute Gasteiger partial charge is 0.255 e.